The van der Waals surface area contributed by atoms with Crippen molar-refractivity contribution in [1.82, 2.24) is 24.8 Å². The predicted molar refractivity (Wildman–Crippen MR) is 203 cm³/mol. The largest absolute Gasteiger partial charge is 0.390 e. The van der Waals surface area contributed by atoms with Crippen molar-refractivity contribution >= 4 is 22.0 Å². The number of benzene rings is 2. The molecule has 3 amide bonds. The first kappa shape index (κ1) is 41.5. The van der Waals surface area contributed by atoms with Crippen molar-refractivity contribution in [3.63, 3.8) is 0 Å². The van der Waals surface area contributed by atoms with Crippen LogP contribution >= 0.6 is 0 Å². The molecule has 2 aromatic carbocycles. The van der Waals surface area contributed by atoms with Crippen molar-refractivity contribution in [1.29, 1.82) is 0 Å². The van der Waals surface area contributed by atoms with Crippen LogP contribution in [0.2, 0.25) is 0 Å². The van der Waals surface area contributed by atoms with E-state index in [0.29, 0.717) is 24.3 Å². The summed E-state index contributed by atoms with van der Waals surface area (Å²) in [7, 11) is -0.854. The molecule has 1 aliphatic carbocycles. The number of aliphatic hydroxyl groups is 1. The maximum atomic E-state index is 14.1. The summed E-state index contributed by atoms with van der Waals surface area (Å²) < 4.78 is 34.7. The van der Waals surface area contributed by atoms with Crippen LogP contribution in [-0.2, 0) is 45.7 Å². The number of rotatable bonds is 20. The number of nitrogens with one attached hydrogen (secondary N) is 2. The SMILES string of the molecule is CC[C@H](C)[C@H](NC(=O)N(C)Cc1cccc(COC)n1)C(=O)N[C@@H](Cc1ccccc1)[C@H](O)CN(CC1CCCC1)S(=O)(=O)c1ccc(CN=O)cc1. The number of aliphatic hydroxyl groups excluding tert-OH is 1. The highest BCUT2D eigenvalue weighted by Crippen LogP contribution is 2.28. The van der Waals surface area contributed by atoms with Crippen LogP contribution < -0.4 is 10.6 Å². The van der Waals surface area contributed by atoms with E-state index in [4.69, 9.17) is 4.74 Å². The lowest BCUT2D eigenvalue weighted by Gasteiger charge is -2.33. The number of nitroso groups, excluding NO2 is 1. The normalized spacial score (nSPS) is 15.7. The second-order valence-corrected chi connectivity index (χ2v) is 15.9. The zero-order chi connectivity index (χ0) is 38.4. The molecule has 53 heavy (non-hydrogen) atoms. The van der Waals surface area contributed by atoms with Crippen molar-refractivity contribution in [2.24, 2.45) is 17.0 Å². The first-order valence-corrected chi connectivity index (χ1v) is 19.7. The monoisotopic (exact) mass is 750 g/mol. The van der Waals surface area contributed by atoms with Gasteiger partial charge >= 0.3 is 6.03 Å². The third kappa shape index (κ3) is 12.1. The van der Waals surface area contributed by atoms with E-state index in [9.17, 15) is 28.0 Å². The number of urea groups is 1. The summed E-state index contributed by atoms with van der Waals surface area (Å²) >= 11 is 0. The molecule has 3 N–H and O–H groups in total. The number of ether oxygens (including phenoxy) is 1. The summed E-state index contributed by atoms with van der Waals surface area (Å²) in [6.45, 7) is 4.24. The predicted octanol–water partition coefficient (Wildman–Crippen LogP) is 5.02. The number of sulfonamides is 1. The lowest BCUT2D eigenvalue weighted by atomic mass is 9.96. The summed E-state index contributed by atoms with van der Waals surface area (Å²) in [5, 5.41) is 20.7. The van der Waals surface area contributed by atoms with Gasteiger partial charge in [0.15, 0.2) is 0 Å². The van der Waals surface area contributed by atoms with Crippen LogP contribution in [0.1, 0.15) is 68.5 Å². The Labute approximate surface area is 313 Å². The van der Waals surface area contributed by atoms with Crippen molar-refractivity contribution in [3.8, 4) is 0 Å². The Morgan fingerprint density at radius 2 is 1.66 bits per heavy atom. The Morgan fingerprint density at radius 3 is 2.30 bits per heavy atom. The van der Waals surface area contributed by atoms with Gasteiger partial charge in [-0.15, -0.1) is 0 Å². The molecule has 1 saturated carbocycles. The van der Waals surface area contributed by atoms with Gasteiger partial charge in [0, 0.05) is 27.2 Å². The number of hydrogen-bond donors (Lipinski definition) is 3. The number of methoxy groups -OCH3 is 1. The molecule has 0 aliphatic heterocycles. The molecule has 1 fully saturated rings. The molecule has 4 rings (SSSR count). The van der Waals surface area contributed by atoms with Crippen molar-refractivity contribution < 1.29 is 27.9 Å². The average molecular weight is 751 g/mol. The fourth-order valence-corrected chi connectivity index (χ4v) is 8.14. The van der Waals surface area contributed by atoms with E-state index in [1.807, 2.05) is 62.4 Å². The third-order valence-electron chi connectivity index (χ3n) is 9.90. The van der Waals surface area contributed by atoms with Crippen LogP contribution in [0, 0.1) is 16.7 Å². The maximum absolute atomic E-state index is 14.1. The van der Waals surface area contributed by atoms with E-state index in [1.54, 1.807) is 26.3 Å². The molecule has 4 atom stereocenters. The molecule has 0 unspecified atom stereocenters. The molecule has 288 valence electrons. The molecular weight excluding hydrogens is 697 g/mol. The molecule has 1 aliphatic rings. The van der Waals surface area contributed by atoms with Gasteiger partial charge in [0.05, 0.1) is 41.6 Å². The van der Waals surface area contributed by atoms with Crippen LogP contribution in [0.4, 0.5) is 4.79 Å². The van der Waals surface area contributed by atoms with Gasteiger partial charge in [0.1, 0.15) is 12.6 Å². The Hall–Kier alpha value is -4.24. The summed E-state index contributed by atoms with van der Waals surface area (Å²) in [5.74, 6) is -0.607. The smallest absolute Gasteiger partial charge is 0.318 e. The first-order chi connectivity index (χ1) is 25.4. The van der Waals surface area contributed by atoms with E-state index in [0.717, 1.165) is 36.9 Å². The molecule has 0 radical (unpaired) electrons. The van der Waals surface area contributed by atoms with E-state index in [2.05, 4.69) is 20.8 Å². The molecule has 1 heterocycles. The second-order valence-electron chi connectivity index (χ2n) is 14.0. The van der Waals surface area contributed by atoms with Gasteiger partial charge in [-0.2, -0.15) is 9.21 Å². The zero-order valence-electron chi connectivity index (χ0n) is 31.2. The summed E-state index contributed by atoms with van der Waals surface area (Å²) in [6, 6.07) is 18.6. The van der Waals surface area contributed by atoms with Gasteiger partial charge in [0.2, 0.25) is 15.9 Å². The third-order valence-corrected chi connectivity index (χ3v) is 11.7. The summed E-state index contributed by atoms with van der Waals surface area (Å²) in [6.07, 6.45) is 3.30. The lowest BCUT2D eigenvalue weighted by molar-refractivity contribution is -0.125. The number of hydrogen-bond acceptors (Lipinski definition) is 9. The minimum absolute atomic E-state index is 0.0466. The molecule has 0 spiro atoms. The Balaban J connectivity index is 1.56. The minimum Gasteiger partial charge on any atom is -0.390 e. The van der Waals surface area contributed by atoms with Crippen LogP contribution in [0.5, 0.6) is 0 Å². The molecule has 0 bridgehead atoms. The second kappa shape index (κ2) is 20.3. The van der Waals surface area contributed by atoms with E-state index in [-0.39, 0.29) is 49.3 Å². The number of nitrogens with zero attached hydrogens (tertiary/aromatic N) is 4. The van der Waals surface area contributed by atoms with Crippen LogP contribution in [-0.4, -0.2) is 85.1 Å². The fourth-order valence-electron chi connectivity index (χ4n) is 6.61. The topological polar surface area (TPSA) is 171 Å². The van der Waals surface area contributed by atoms with Gasteiger partial charge in [-0.1, -0.05) is 86.8 Å². The quantitative estimate of drug-likeness (QED) is 0.135. The Morgan fingerprint density at radius 1 is 0.981 bits per heavy atom. The standard InChI is InChI=1S/C39H54N6O7S/c1-5-28(2)37(43-39(48)44(3)25-32-16-11-17-33(41-32)27-52-4)38(47)42-35(22-29-12-7-6-8-13-29)36(46)26-45(24-31-14-9-10-15-31)53(50,51)34-20-18-30(19-21-34)23-40-49/h6-8,11-13,16-21,28,31,35-37,46H,5,9-10,14-15,22-27H2,1-4H3,(H,42,47)(H,43,48)/t28-,35-,36+,37-/m0/s1. The number of carbonyl (C=O) groups excluding carboxylic acids is 2. The van der Waals surface area contributed by atoms with E-state index in [1.165, 1.54) is 21.3 Å². The fraction of sp³-hybridized carbons (Fsp3) is 0.513. The Kier molecular flexibility index (Phi) is 15.9. The Bertz CT molecular complexity index is 1720. The highest BCUT2D eigenvalue weighted by Gasteiger charge is 2.35. The molecule has 0 saturated heterocycles. The molecule has 1 aromatic heterocycles. The van der Waals surface area contributed by atoms with Gasteiger partial charge in [0.25, 0.3) is 0 Å². The van der Waals surface area contributed by atoms with E-state index < -0.39 is 40.1 Å². The van der Waals surface area contributed by atoms with Crippen molar-refractivity contribution in [2.45, 2.75) is 95.2 Å². The molecule has 13 nitrogen and oxygen atoms in total. The lowest BCUT2D eigenvalue weighted by Crippen LogP contribution is -2.58. The van der Waals surface area contributed by atoms with Gasteiger partial charge < -0.3 is 25.4 Å². The van der Waals surface area contributed by atoms with Crippen molar-refractivity contribution in [3.05, 3.63) is 100 Å². The van der Waals surface area contributed by atoms with Gasteiger partial charge in [-0.25, -0.2) is 13.2 Å². The molecular formula is C39H54N6O7S. The maximum Gasteiger partial charge on any atom is 0.318 e. The van der Waals surface area contributed by atoms with Crippen molar-refractivity contribution in [2.75, 3.05) is 27.2 Å². The average Bonchev–Trinajstić information content (AvgIpc) is 3.67. The van der Waals surface area contributed by atoms with Gasteiger partial charge in [-0.3, -0.25) is 9.78 Å². The van der Waals surface area contributed by atoms with Crippen LogP contribution in [0.15, 0.2) is 82.9 Å². The minimum atomic E-state index is -4.06. The highest BCUT2D eigenvalue weighted by atomic mass is 32.2. The first-order valence-electron chi connectivity index (χ1n) is 18.3. The number of pyridine rings is 1. The molecule has 14 heteroatoms. The highest BCUT2D eigenvalue weighted by molar-refractivity contribution is 7.89. The summed E-state index contributed by atoms with van der Waals surface area (Å²) in [4.78, 5) is 44.4. The van der Waals surface area contributed by atoms with E-state index >= 15 is 0 Å². The number of carbonyl (C=O) groups is 2. The van der Waals surface area contributed by atoms with Crippen LogP contribution in [0.3, 0.4) is 0 Å². The molecule has 3 aromatic rings. The number of amides is 3. The van der Waals surface area contributed by atoms with Crippen LogP contribution in [0.25, 0.3) is 0 Å². The summed E-state index contributed by atoms with van der Waals surface area (Å²) in [5.41, 5.74) is 2.83. The van der Waals surface area contributed by atoms with Gasteiger partial charge in [-0.05, 0) is 66.5 Å². The number of aromatic nitrogens is 1. The zero-order valence-corrected chi connectivity index (χ0v) is 32.0.